The maximum absolute atomic E-state index is 9.81. The van der Waals surface area contributed by atoms with E-state index in [0.29, 0.717) is 11.4 Å². The van der Waals surface area contributed by atoms with E-state index in [9.17, 15) is 5.11 Å². The molecule has 1 atom stereocenters. The van der Waals surface area contributed by atoms with E-state index in [4.69, 9.17) is 4.42 Å². The van der Waals surface area contributed by atoms with Crippen molar-refractivity contribution in [3.05, 3.63) is 42.4 Å². The fourth-order valence-electron chi connectivity index (χ4n) is 1.22. The van der Waals surface area contributed by atoms with Crippen molar-refractivity contribution in [3.63, 3.8) is 0 Å². The Morgan fingerprint density at radius 3 is 3.00 bits per heavy atom. The molecule has 0 fully saturated rings. The molecule has 0 saturated carbocycles. The van der Waals surface area contributed by atoms with Gasteiger partial charge in [-0.25, -0.2) is 4.98 Å². The van der Waals surface area contributed by atoms with Crippen molar-refractivity contribution in [2.45, 2.75) is 6.10 Å². The molecule has 2 rings (SSSR count). The number of aromatic nitrogens is 2. The second-order valence-corrected chi connectivity index (χ2v) is 2.86. The Morgan fingerprint density at radius 2 is 2.46 bits per heavy atom. The number of aryl methyl sites for hydroxylation is 1. The fourth-order valence-corrected chi connectivity index (χ4v) is 1.22. The monoisotopic (exact) mass is 178 g/mol. The van der Waals surface area contributed by atoms with Gasteiger partial charge in [0.15, 0.2) is 0 Å². The molecular weight excluding hydrogens is 168 g/mol. The minimum Gasteiger partial charge on any atom is -0.472 e. The lowest BCUT2D eigenvalue weighted by Gasteiger charge is -2.07. The van der Waals surface area contributed by atoms with E-state index in [1.165, 1.54) is 12.5 Å². The van der Waals surface area contributed by atoms with E-state index >= 15 is 0 Å². The predicted octanol–water partition coefficient (Wildman–Crippen LogP) is 1.09. The Labute approximate surface area is 75.4 Å². The summed E-state index contributed by atoms with van der Waals surface area (Å²) in [4.78, 5) is 4.04. The Balaban J connectivity index is 2.33. The molecule has 4 heteroatoms. The normalized spacial score (nSPS) is 13.1. The number of furan rings is 1. The summed E-state index contributed by atoms with van der Waals surface area (Å²) in [6, 6.07) is 1.72. The van der Waals surface area contributed by atoms with Crippen LogP contribution in [0.1, 0.15) is 17.5 Å². The van der Waals surface area contributed by atoms with Crippen LogP contribution < -0.4 is 0 Å². The molecule has 1 N–H and O–H groups in total. The lowest BCUT2D eigenvalue weighted by atomic mass is 10.2. The summed E-state index contributed by atoms with van der Waals surface area (Å²) >= 11 is 0. The van der Waals surface area contributed by atoms with Crippen molar-refractivity contribution >= 4 is 0 Å². The molecule has 0 radical (unpaired) electrons. The van der Waals surface area contributed by atoms with E-state index in [1.807, 2.05) is 7.05 Å². The highest BCUT2D eigenvalue weighted by Crippen LogP contribution is 2.19. The van der Waals surface area contributed by atoms with Crippen LogP contribution in [0.5, 0.6) is 0 Å². The van der Waals surface area contributed by atoms with Crippen LogP contribution in [0.4, 0.5) is 0 Å². The summed E-state index contributed by atoms with van der Waals surface area (Å²) < 4.78 is 6.65. The molecule has 2 heterocycles. The van der Waals surface area contributed by atoms with E-state index in [2.05, 4.69) is 4.98 Å². The molecular formula is C9H10N2O2. The standard InChI is InChI=1S/C9H10N2O2/c1-11-4-3-10-9(11)8(12)7-2-5-13-6-7/h2-6,8,12H,1H3. The van der Waals surface area contributed by atoms with Crippen LogP contribution in [0, 0.1) is 0 Å². The largest absolute Gasteiger partial charge is 0.472 e. The van der Waals surface area contributed by atoms with Gasteiger partial charge >= 0.3 is 0 Å². The van der Waals surface area contributed by atoms with Crippen LogP contribution in [0.3, 0.4) is 0 Å². The summed E-state index contributed by atoms with van der Waals surface area (Å²) in [5, 5.41) is 9.81. The van der Waals surface area contributed by atoms with E-state index < -0.39 is 6.10 Å². The molecule has 0 amide bonds. The van der Waals surface area contributed by atoms with Crippen molar-refractivity contribution in [2.24, 2.45) is 7.05 Å². The number of rotatable bonds is 2. The number of nitrogens with zero attached hydrogens (tertiary/aromatic N) is 2. The zero-order chi connectivity index (χ0) is 9.26. The molecule has 0 aliphatic heterocycles. The Morgan fingerprint density at radius 1 is 1.62 bits per heavy atom. The third-order valence-electron chi connectivity index (χ3n) is 1.96. The zero-order valence-electron chi connectivity index (χ0n) is 7.21. The fraction of sp³-hybridized carbons (Fsp3) is 0.222. The van der Waals surface area contributed by atoms with Gasteiger partial charge in [0.05, 0.1) is 12.5 Å². The molecule has 4 nitrogen and oxygen atoms in total. The second kappa shape index (κ2) is 3.06. The SMILES string of the molecule is Cn1ccnc1C(O)c1ccoc1. The van der Waals surface area contributed by atoms with E-state index in [1.54, 1.807) is 23.0 Å². The van der Waals surface area contributed by atoms with Gasteiger partial charge in [0.25, 0.3) is 0 Å². The van der Waals surface area contributed by atoms with Crippen molar-refractivity contribution < 1.29 is 9.52 Å². The third kappa shape index (κ3) is 1.36. The lowest BCUT2D eigenvalue weighted by molar-refractivity contribution is 0.205. The molecule has 0 aliphatic rings. The predicted molar refractivity (Wildman–Crippen MR) is 46.0 cm³/mol. The molecule has 0 spiro atoms. The Hall–Kier alpha value is -1.55. The average Bonchev–Trinajstić information content (AvgIpc) is 2.72. The van der Waals surface area contributed by atoms with Gasteiger partial charge < -0.3 is 14.1 Å². The second-order valence-electron chi connectivity index (χ2n) is 2.86. The van der Waals surface area contributed by atoms with Crippen LogP contribution in [0.25, 0.3) is 0 Å². The molecule has 2 aromatic rings. The first-order valence-electron chi connectivity index (χ1n) is 3.96. The Bertz CT molecular complexity index is 378. The molecule has 2 aromatic heterocycles. The summed E-state index contributed by atoms with van der Waals surface area (Å²) in [7, 11) is 1.84. The van der Waals surface area contributed by atoms with Crippen molar-refractivity contribution in [3.8, 4) is 0 Å². The van der Waals surface area contributed by atoms with E-state index in [-0.39, 0.29) is 0 Å². The molecule has 0 aliphatic carbocycles. The summed E-state index contributed by atoms with van der Waals surface area (Å²) in [6.45, 7) is 0. The van der Waals surface area contributed by atoms with Gasteiger partial charge in [0.2, 0.25) is 0 Å². The lowest BCUT2D eigenvalue weighted by Crippen LogP contribution is -2.05. The zero-order valence-corrected chi connectivity index (χ0v) is 7.21. The maximum atomic E-state index is 9.81. The first kappa shape index (κ1) is 8.07. The first-order chi connectivity index (χ1) is 6.29. The van der Waals surface area contributed by atoms with Crippen LogP contribution in [0.15, 0.2) is 35.4 Å². The van der Waals surface area contributed by atoms with Gasteiger partial charge in [-0.15, -0.1) is 0 Å². The van der Waals surface area contributed by atoms with Crippen molar-refractivity contribution in [1.82, 2.24) is 9.55 Å². The van der Waals surface area contributed by atoms with Crippen LogP contribution in [-0.4, -0.2) is 14.7 Å². The van der Waals surface area contributed by atoms with Crippen LogP contribution in [-0.2, 0) is 7.05 Å². The van der Waals surface area contributed by atoms with Gasteiger partial charge in [-0.3, -0.25) is 0 Å². The maximum Gasteiger partial charge on any atom is 0.142 e. The Kier molecular flexibility index (Phi) is 1.90. The number of aliphatic hydroxyl groups is 1. The molecule has 68 valence electrons. The summed E-state index contributed by atoms with van der Waals surface area (Å²) in [5.74, 6) is 0.612. The van der Waals surface area contributed by atoms with Crippen LogP contribution >= 0.6 is 0 Å². The minimum atomic E-state index is -0.709. The van der Waals surface area contributed by atoms with Gasteiger partial charge in [-0.1, -0.05) is 0 Å². The molecule has 1 unspecified atom stereocenters. The quantitative estimate of drug-likeness (QED) is 0.749. The highest BCUT2D eigenvalue weighted by Gasteiger charge is 2.15. The number of aliphatic hydroxyl groups excluding tert-OH is 1. The van der Waals surface area contributed by atoms with Crippen molar-refractivity contribution in [1.29, 1.82) is 0 Å². The summed E-state index contributed by atoms with van der Waals surface area (Å²) in [6.07, 6.45) is 5.77. The summed E-state index contributed by atoms with van der Waals surface area (Å²) in [5.41, 5.74) is 0.717. The topological polar surface area (TPSA) is 51.2 Å². The minimum absolute atomic E-state index is 0.612. The first-order valence-corrected chi connectivity index (χ1v) is 3.96. The van der Waals surface area contributed by atoms with Crippen molar-refractivity contribution in [2.75, 3.05) is 0 Å². The molecule has 0 bridgehead atoms. The van der Waals surface area contributed by atoms with E-state index in [0.717, 1.165) is 0 Å². The van der Waals surface area contributed by atoms with Gasteiger partial charge in [0, 0.05) is 25.0 Å². The average molecular weight is 178 g/mol. The molecule has 0 saturated heterocycles. The van der Waals surface area contributed by atoms with Crippen LogP contribution in [0.2, 0.25) is 0 Å². The third-order valence-corrected chi connectivity index (χ3v) is 1.96. The van der Waals surface area contributed by atoms with Gasteiger partial charge in [-0.2, -0.15) is 0 Å². The highest BCUT2D eigenvalue weighted by atomic mass is 16.3. The molecule has 13 heavy (non-hydrogen) atoms. The van der Waals surface area contributed by atoms with Gasteiger partial charge in [0.1, 0.15) is 11.9 Å². The number of hydrogen-bond acceptors (Lipinski definition) is 3. The number of imidazole rings is 1. The smallest absolute Gasteiger partial charge is 0.142 e. The highest BCUT2D eigenvalue weighted by molar-refractivity contribution is 5.17. The van der Waals surface area contributed by atoms with Gasteiger partial charge in [-0.05, 0) is 6.07 Å². The number of hydrogen-bond donors (Lipinski definition) is 1. The molecule has 0 aromatic carbocycles.